The molecular formula is C25H24ClN5O3. The van der Waals surface area contributed by atoms with E-state index < -0.39 is 11.2 Å². The van der Waals surface area contributed by atoms with E-state index >= 15 is 0 Å². The number of rotatable bonds is 6. The minimum atomic E-state index is -1.20. The topological polar surface area (TPSA) is 103 Å². The smallest absolute Gasteiger partial charge is 0.277 e. The molecule has 0 aliphatic heterocycles. The Balaban J connectivity index is 1.68. The van der Waals surface area contributed by atoms with Crippen LogP contribution in [0.5, 0.6) is 5.75 Å². The van der Waals surface area contributed by atoms with Crippen molar-refractivity contribution >= 4 is 11.6 Å². The largest absolute Gasteiger partial charge is 0.485 e. The van der Waals surface area contributed by atoms with Gasteiger partial charge in [0.2, 0.25) is 0 Å². The average molecular weight is 478 g/mol. The second-order valence-corrected chi connectivity index (χ2v) is 8.77. The highest BCUT2D eigenvalue weighted by atomic mass is 35.5. The molecule has 4 rings (SSSR count). The van der Waals surface area contributed by atoms with Crippen molar-refractivity contribution in [3.8, 4) is 22.8 Å². The van der Waals surface area contributed by atoms with Crippen LogP contribution in [0.25, 0.3) is 17.1 Å². The molecule has 0 atom stereocenters. The number of pyridine rings is 3. The van der Waals surface area contributed by atoms with Crippen LogP contribution in [0.2, 0.25) is 5.02 Å². The van der Waals surface area contributed by atoms with Crippen molar-refractivity contribution in [2.75, 3.05) is 0 Å². The van der Waals surface area contributed by atoms with Crippen molar-refractivity contribution in [1.82, 2.24) is 24.5 Å². The first-order chi connectivity index (χ1) is 16.1. The van der Waals surface area contributed by atoms with Crippen molar-refractivity contribution in [3.63, 3.8) is 0 Å². The Morgan fingerprint density at radius 1 is 1.03 bits per heavy atom. The highest BCUT2D eigenvalue weighted by Gasteiger charge is 2.21. The zero-order valence-corrected chi connectivity index (χ0v) is 20.0. The highest BCUT2D eigenvalue weighted by Crippen LogP contribution is 2.26. The van der Waals surface area contributed by atoms with Crippen molar-refractivity contribution in [2.24, 2.45) is 0 Å². The molecule has 34 heavy (non-hydrogen) atoms. The van der Waals surface area contributed by atoms with Crippen LogP contribution in [0.4, 0.5) is 0 Å². The number of halogens is 1. The average Bonchev–Trinajstić information content (AvgIpc) is 2.80. The van der Waals surface area contributed by atoms with Crippen LogP contribution in [0.1, 0.15) is 36.8 Å². The van der Waals surface area contributed by atoms with Crippen molar-refractivity contribution in [2.45, 2.75) is 39.9 Å². The normalized spacial score (nSPS) is 11.5. The van der Waals surface area contributed by atoms with Gasteiger partial charge in [0.1, 0.15) is 23.0 Å². The van der Waals surface area contributed by atoms with Gasteiger partial charge in [-0.25, -0.2) is 9.97 Å². The number of hydrogen-bond acceptors (Lipinski definition) is 7. The Morgan fingerprint density at radius 3 is 2.53 bits per heavy atom. The fourth-order valence-electron chi connectivity index (χ4n) is 3.43. The Morgan fingerprint density at radius 2 is 1.79 bits per heavy atom. The summed E-state index contributed by atoms with van der Waals surface area (Å²) in [5.41, 5.74) is 2.28. The van der Waals surface area contributed by atoms with Gasteiger partial charge in [-0.3, -0.25) is 19.3 Å². The first-order valence-electron chi connectivity index (χ1n) is 10.6. The quantitative estimate of drug-likeness (QED) is 0.444. The lowest BCUT2D eigenvalue weighted by Crippen LogP contribution is -2.22. The van der Waals surface area contributed by atoms with Gasteiger partial charge in [0, 0.05) is 29.8 Å². The maximum Gasteiger partial charge on any atom is 0.277 e. The lowest BCUT2D eigenvalue weighted by Gasteiger charge is -2.16. The molecular weight excluding hydrogens is 454 g/mol. The summed E-state index contributed by atoms with van der Waals surface area (Å²) >= 11 is 6.40. The number of aromatic nitrogens is 5. The summed E-state index contributed by atoms with van der Waals surface area (Å²) in [6, 6.07) is 12.5. The highest BCUT2D eigenvalue weighted by molar-refractivity contribution is 6.31. The minimum Gasteiger partial charge on any atom is -0.485 e. The third kappa shape index (κ3) is 4.98. The molecule has 4 aromatic heterocycles. The number of ether oxygens (including phenoxy) is 1. The summed E-state index contributed by atoms with van der Waals surface area (Å²) in [5.74, 6) is 0.571. The lowest BCUT2D eigenvalue weighted by molar-refractivity contribution is 0.0688. The predicted molar refractivity (Wildman–Crippen MR) is 129 cm³/mol. The van der Waals surface area contributed by atoms with E-state index in [1.54, 1.807) is 57.4 Å². The predicted octanol–water partition coefficient (Wildman–Crippen LogP) is 4.16. The molecule has 0 saturated carbocycles. The van der Waals surface area contributed by atoms with E-state index in [4.69, 9.17) is 16.3 Å². The van der Waals surface area contributed by atoms with Crippen LogP contribution >= 0.6 is 11.6 Å². The van der Waals surface area contributed by atoms with Gasteiger partial charge in [-0.1, -0.05) is 17.7 Å². The van der Waals surface area contributed by atoms with Crippen LogP contribution in [-0.4, -0.2) is 29.6 Å². The molecule has 0 fully saturated rings. The van der Waals surface area contributed by atoms with Crippen LogP contribution in [0.3, 0.4) is 0 Å². The molecule has 0 aliphatic carbocycles. The fourth-order valence-corrected chi connectivity index (χ4v) is 3.63. The zero-order chi connectivity index (χ0) is 24.5. The third-order valence-electron chi connectivity index (χ3n) is 5.09. The van der Waals surface area contributed by atoms with Gasteiger partial charge in [0.15, 0.2) is 5.82 Å². The third-order valence-corrected chi connectivity index (χ3v) is 5.44. The van der Waals surface area contributed by atoms with Gasteiger partial charge in [-0.15, -0.1) is 0 Å². The Kier molecular flexibility index (Phi) is 6.45. The number of aryl methyl sites for hydroxylation is 2. The molecule has 0 aromatic carbocycles. The molecule has 8 nitrogen and oxygen atoms in total. The van der Waals surface area contributed by atoms with E-state index in [-0.39, 0.29) is 17.5 Å². The number of aliphatic hydroxyl groups is 1. The van der Waals surface area contributed by atoms with Crippen LogP contribution < -0.4 is 10.3 Å². The molecule has 4 aromatic rings. The van der Waals surface area contributed by atoms with Crippen molar-refractivity contribution < 1.29 is 9.84 Å². The molecule has 0 radical (unpaired) electrons. The van der Waals surface area contributed by atoms with Gasteiger partial charge < -0.3 is 9.84 Å². The molecule has 1 N–H and O–H groups in total. The summed E-state index contributed by atoms with van der Waals surface area (Å²) < 4.78 is 7.30. The number of nitrogens with zero attached hydrogens (tertiary/aromatic N) is 5. The van der Waals surface area contributed by atoms with Gasteiger partial charge in [-0.2, -0.15) is 0 Å². The molecule has 0 amide bonds. The van der Waals surface area contributed by atoms with Gasteiger partial charge in [0.05, 0.1) is 22.8 Å². The SMILES string of the molecule is Cc1cccc(COc2cc(C)n(-c3ccnc(-c4ccnc(C(C)(C)O)n4)c3)c(=O)c2Cl)n1. The maximum absolute atomic E-state index is 13.2. The van der Waals surface area contributed by atoms with E-state index in [9.17, 15) is 9.90 Å². The van der Waals surface area contributed by atoms with Crippen molar-refractivity contribution in [3.05, 3.63) is 93.1 Å². The maximum atomic E-state index is 13.2. The second-order valence-electron chi connectivity index (χ2n) is 8.39. The summed E-state index contributed by atoms with van der Waals surface area (Å²) in [6.45, 7) is 7.12. The van der Waals surface area contributed by atoms with E-state index in [1.807, 2.05) is 25.1 Å². The first-order valence-corrected chi connectivity index (χ1v) is 11.0. The molecule has 4 heterocycles. The van der Waals surface area contributed by atoms with Crippen LogP contribution in [0, 0.1) is 13.8 Å². The minimum absolute atomic E-state index is 0.0250. The molecule has 0 spiro atoms. The molecule has 174 valence electrons. The summed E-state index contributed by atoms with van der Waals surface area (Å²) in [5, 5.41) is 10.2. The summed E-state index contributed by atoms with van der Waals surface area (Å²) in [4.78, 5) is 30.5. The zero-order valence-electron chi connectivity index (χ0n) is 19.3. The molecule has 0 aliphatic rings. The molecule has 0 unspecified atom stereocenters. The lowest BCUT2D eigenvalue weighted by atomic mass is 10.1. The summed E-state index contributed by atoms with van der Waals surface area (Å²) in [6.07, 6.45) is 3.15. The molecule has 0 bridgehead atoms. The standard InChI is InChI=1S/C25H24ClN5O3/c1-15-6-5-7-17(29-15)14-34-21-12-16(2)31(23(32)22(21)26)18-8-10-27-20(13-18)19-9-11-28-24(30-19)25(3,4)33/h5-13,33H,14H2,1-4H3. The Bertz CT molecular complexity index is 1410. The molecule has 0 saturated heterocycles. The van der Waals surface area contributed by atoms with E-state index in [2.05, 4.69) is 19.9 Å². The van der Waals surface area contributed by atoms with Crippen LogP contribution in [-0.2, 0) is 12.2 Å². The van der Waals surface area contributed by atoms with E-state index in [1.165, 1.54) is 4.57 Å². The second kappa shape index (κ2) is 9.32. The van der Waals surface area contributed by atoms with E-state index in [0.717, 1.165) is 11.4 Å². The van der Waals surface area contributed by atoms with Gasteiger partial charge in [-0.05, 0) is 58.0 Å². The Hall–Kier alpha value is -3.62. The fraction of sp³-hybridized carbons (Fsp3) is 0.240. The number of hydrogen-bond donors (Lipinski definition) is 1. The van der Waals surface area contributed by atoms with Crippen molar-refractivity contribution in [1.29, 1.82) is 0 Å². The first kappa shape index (κ1) is 23.5. The van der Waals surface area contributed by atoms with Gasteiger partial charge >= 0.3 is 0 Å². The van der Waals surface area contributed by atoms with Gasteiger partial charge in [0.25, 0.3) is 5.56 Å². The monoisotopic (exact) mass is 477 g/mol. The van der Waals surface area contributed by atoms with Crippen LogP contribution in [0.15, 0.2) is 59.7 Å². The molecule has 9 heteroatoms. The summed E-state index contributed by atoms with van der Waals surface area (Å²) in [7, 11) is 0. The Labute approximate surface area is 201 Å². The van der Waals surface area contributed by atoms with E-state index in [0.29, 0.717) is 28.5 Å².